The molecule has 1 heterocycles. The highest BCUT2D eigenvalue weighted by Crippen LogP contribution is 2.34. The molecule has 1 N–H and O–H groups in total. The molecule has 1 aromatic carbocycles. The zero-order chi connectivity index (χ0) is 12.5. The number of sulfone groups is 1. The summed E-state index contributed by atoms with van der Waals surface area (Å²) in [6.07, 6.45) is 1.26. The van der Waals surface area contributed by atoms with Crippen LogP contribution in [0.5, 0.6) is 5.75 Å². The molecule has 5 heteroatoms. The van der Waals surface area contributed by atoms with Gasteiger partial charge in [0.1, 0.15) is 17.6 Å². The van der Waals surface area contributed by atoms with Crippen molar-refractivity contribution in [3.05, 3.63) is 29.8 Å². The maximum atomic E-state index is 11.8. The van der Waals surface area contributed by atoms with Crippen molar-refractivity contribution in [1.82, 2.24) is 5.32 Å². The minimum atomic E-state index is -3.13. The van der Waals surface area contributed by atoms with Gasteiger partial charge in [-0.2, -0.15) is 0 Å². The topological polar surface area (TPSA) is 55.4 Å². The summed E-state index contributed by atoms with van der Waals surface area (Å²) in [6.45, 7) is 2.91. The van der Waals surface area contributed by atoms with Gasteiger partial charge in [-0.05, 0) is 12.6 Å². The molecule has 0 saturated heterocycles. The summed E-state index contributed by atoms with van der Waals surface area (Å²) < 4.78 is 29.0. The third-order valence-electron chi connectivity index (χ3n) is 3.00. The average molecular weight is 255 g/mol. The largest absolute Gasteiger partial charge is 0.492 e. The van der Waals surface area contributed by atoms with Crippen molar-refractivity contribution in [3.8, 4) is 5.75 Å². The maximum Gasteiger partial charge on any atom is 0.155 e. The maximum absolute atomic E-state index is 11.8. The van der Waals surface area contributed by atoms with Crippen molar-refractivity contribution in [2.24, 2.45) is 0 Å². The van der Waals surface area contributed by atoms with Crippen LogP contribution in [0.2, 0.25) is 0 Å². The molecular weight excluding hydrogens is 238 g/mol. The van der Waals surface area contributed by atoms with E-state index in [-0.39, 0.29) is 12.6 Å². The molecule has 2 rings (SSSR count). The van der Waals surface area contributed by atoms with E-state index in [1.165, 1.54) is 6.26 Å². The van der Waals surface area contributed by atoms with E-state index in [0.29, 0.717) is 0 Å². The van der Waals surface area contributed by atoms with Crippen LogP contribution in [-0.4, -0.2) is 33.1 Å². The van der Waals surface area contributed by atoms with Crippen molar-refractivity contribution in [2.75, 3.05) is 19.4 Å². The van der Waals surface area contributed by atoms with Gasteiger partial charge in [-0.1, -0.05) is 25.1 Å². The Kier molecular flexibility index (Phi) is 3.40. The Morgan fingerprint density at radius 1 is 1.41 bits per heavy atom. The average Bonchev–Trinajstić information content (AvgIpc) is 2.28. The van der Waals surface area contributed by atoms with Crippen LogP contribution in [0, 0.1) is 0 Å². The van der Waals surface area contributed by atoms with Crippen LogP contribution in [0.15, 0.2) is 24.3 Å². The molecule has 0 aromatic heterocycles. The second-order valence-corrected chi connectivity index (χ2v) is 6.52. The number of ether oxygens (including phenoxy) is 1. The van der Waals surface area contributed by atoms with Gasteiger partial charge in [0, 0.05) is 11.8 Å². The lowest BCUT2D eigenvalue weighted by atomic mass is 10.0. The molecule has 2 atom stereocenters. The number of hydrogen-bond donors (Lipinski definition) is 1. The zero-order valence-electron chi connectivity index (χ0n) is 10.0. The lowest BCUT2D eigenvalue weighted by Gasteiger charge is -2.32. The molecule has 0 bridgehead atoms. The summed E-state index contributed by atoms with van der Waals surface area (Å²) in [5.41, 5.74) is 0.927. The van der Waals surface area contributed by atoms with Crippen LogP contribution in [0.4, 0.5) is 0 Å². The summed E-state index contributed by atoms with van der Waals surface area (Å²) in [4.78, 5) is 0. The molecule has 4 nitrogen and oxygen atoms in total. The summed E-state index contributed by atoms with van der Waals surface area (Å²) in [7, 11) is -3.13. The van der Waals surface area contributed by atoms with E-state index in [4.69, 9.17) is 4.74 Å². The normalized spacial score (nSPS) is 23.9. The van der Waals surface area contributed by atoms with E-state index in [0.717, 1.165) is 17.9 Å². The minimum absolute atomic E-state index is 0.181. The molecule has 1 aliphatic rings. The van der Waals surface area contributed by atoms with Crippen LogP contribution in [0.1, 0.15) is 18.5 Å². The number of para-hydroxylation sites is 1. The van der Waals surface area contributed by atoms with Crippen molar-refractivity contribution in [3.63, 3.8) is 0 Å². The smallest absolute Gasteiger partial charge is 0.155 e. The van der Waals surface area contributed by atoms with Crippen molar-refractivity contribution >= 4 is 9.84 Å². The fourth-order valence-corrected chi connectivity index (χ4v) is 3.22. The van der Waals surface area contributed by atoms with E-state index in [1.54, 1.807) is 0 Å². The Bertz CT molecular complexity index is 498. The Hall–Kier alpha value is -1.07. The van der Waals surface area contributed by atoms with Crippen molar-refractivity contribution in [1.29, 1.82) is 0 Å². The fraction of sp³-hybridized carbons (Fsp3) is 0.500. The van der Waals surface area contributed by atoms with Gasteiger partial charge < -0.3 is 10.1 Å². The Morgan fingerprint density at radius 3 is 2.76 bits per heavy atom. The van der Waals surface area contributed by atoms with Gasteiger partial charge in [0.2, 0.25) is 0 Å². The molecule has 0 amide bonds. The van der Waals surface area contributed by atoms with Gasteiger partial charge in [0.05, 0.1) is 6.04 Å². The first-order chi connectivity index (χ1) is 8.04. The lowest BCUT2D eigenvalue weighted by molar-refractivity contribution is 0.256. The molecule has 0 radical (unpaired) electrons. The molecule has 0 spiro atoms. The number of nitrogens with one attached hydrogen (secondary N) is 1. The highest BCUT2D eigenvalue weighted by atomic mass is 32.2. The van der Waals surface area contributed by atoms with E-state index in [1.807, 2.05) is 31.2 Å². The lowest BCUT2D eigenvalue weighted by Crippen LogP contribution is -2.43. The van der Waals surface area contributed by atoms with E-state index in [2.05, 4.69) is 5.32 Å². The Labute approximate surface area is 102 Å². The van der Waals surface area contributed by atoms with Crippen LogP contribution in [0.3, 0.4) is 0 Å². The van der Waals surface area contributed by atoms with Crippen LogP contribution >= 0.6 is 0 Å². The molecule has 94 valence electrons. The molecule has 0 aliphatic carbocycles. The molecule has 0 saturated carbocycles. The van der Waals surface area contributed by atoms with E-state index >= 15 is 0 Å². The number of hydrogen-bond acceptors (Lipinski definition) is 4. The standard InChI is InChI=1S/C12H17NO3S/c1-3-13-12-9-6-4-5-7-10(9)16-8-11(12)17(2,14)15/h4-7,11-13H,3,8H2,1-2H3. The van der Waals surface area contributed by atoms with Crippen LogP contribution < -0.4 is 10.1 Å². The molecular formula is C12H17NO3S. The van der Waals surface area contributed by atoms with Crippen molar-refractivity contribution in [2.45, 2.75) is 18.2 Å². The number of rotatable bonds is 3. The van der Waals surface area contributed by atoms with E-state index < -0.39 is 15.1 Å². The SMILES string of the molecule is CCNC1c2ccccc2OCC1S(C)(=O)=O. The fourth-order valence-electron chi connectivity index (χ4n) is 2.17. The molecule has 2 unspecified atom stereocenters. The van der Waals surface area contributed by atoms with Crippen LogP contribution in [-0.2, 0) is 9.84 Å². The van der Waals surface area contributed by atoms with Gasteiger partial charge in [-0.25, -0.2) is 8.42 Å². The first-order valence-corrected chi connectivity index (χ1v) is 7.63. The van der Waals surface area contributed by atoms with Gasteiger partial charge in [0.15, 0.2) is 9.84 Å². The molecule has 17 heavy (non-hydrogen) atoms. The second-order valence-electron chi connectivity index (χ2n) is 4.25. The molecule has 1 aromatic rings. The number of fused-ring (bicyclic) bond motifs is 1. The second kappa shape index (κ2) is 4.66. The quantitative estimate of drug-likeness (QED) is 0.880. The highest BCUT2D eigenvalue weighted by molar-refractivity contribution is 7.91. The summed E-state index contributed by atoms with van der Waals surface area (Å²) >= 11 is 0. The predicted octanol–water partition coefficient (Wildman–Crippen LogP) is 1.14. The summed E-state index contributed by atoms with van der Waals surface area (Å²) in [5.74, 6) is 0.776. The van der Waals surface area contributed by atoms with E-state index in [9.17, 15) is 8.42 Å². The first-order valence-electron chi connectivity index (χ1n) is 5.68. The predicted molar refractivity (Wildman–Crippen MR) is 67.0 cm³/mol. The first kappa shape index (κ1) is 12.4. The third kappa shape index (κ3) is 2.45. The Balaban J connectivity index is 2.43. The van der Waals surface area contributed by atoms with Gasteiger partial charge >= 0.3 is 0 Å². The van der Waals surface area contributed by atoms with Gasteiger partial charge in [-0.3, -0.25) is 0 Å². The monoisotopic (exact) mass is 255 g/mol. The molecule has 1 aliphatic heterocycles. The molecule has 0 fully saturated rings. The zero-order valence-corrected chi connectivity index (χ0v) is 10.8. The van der Waals surface area contributed by atoms with Gasteiger partial charge in [-0.15, -0.1) is 0 Å². The van der Waals surface area contributed by atoms with Gasteiger partial charge in [0.25, 0.3) is 0 Å². The summed E-state index contributed by atoms with van der Waals surface area (Å²) in [6, 6.07) is 7.40. The Morgan fingerprint density at radius 2 is 2.12 bits per heavy atom. The van der Waals surface area contributed by atoms with Crippen molar-refractivity contribution < 1.29 is 13.2 Å². The third-order valence-corrected chi connectivity index (χ3v) is 4.51. The summed E-state index contributed by atoms with van der Waals surface area (Å²) in [5, 5.41) is 2.72. The van der Waals surface area contributed by atoms with Crippen LogP contribution in [0.25, 0.3) is 0 Å². The number of benzene rings is 1. The minimum Gasteiger partial charge on any atom is -0.492 e. The highest BCUT2D eigenvalue weighted by Gasteiger charge is 2.36.